The van der Waals surface area contributed by atoms with Crippen LogP contribution in [0.15, 0.2) is 46.9 Å². The number of ether oxygens (including phenoxy) is 1. The molecular formula is C19H20N2O5. The summed E-state index contributed by atoms with van der Waals surface area (Å²) < 4.78 is 5.01. The number of hydrogen-bond acceptors (Lipinski definition) is 6. The minimum absolute atomic E-state index is 0.0255. The first-order valence-electron chi connectivity index (χ1n) is 8.47. The van der Waals surface area contributed by atoms with Crippen LogP contribution in [0.25, 0.3) is 0 Å². The molecule has 0 saturated carbocycles. The summed E-state index contributed by atoms with van der Waals surface area (Å²) in [6, 6.07) is 6.50. The van der Waals surface area contributed by atoms with Crippen LogP contribution in [0.3, 0.4) is 0 Å². The van der Waals surface area contributed by atoms with Crippen molar-refractivity contribution in [1.29, 1.82) is 0 Å². The highest BCUT2D eigenvalue weighted by molar-refractivity contribution is 6.03. The molecule has 1 unspecified atom stereocenters. The summed E-state index contributed by atoms with van der Waals surface area (Å²) in [4.78, 5) is 36.5. The molecule has 0 fully saturated rings. The van der Waals surface area contributed by atoms with Crippen LogP contribution < -0.4 is 11.1 Å². The molecule has 7 heteroatoms. The van der Waals surface area contributed by atoms with Crippen molar-refractivity contribution >= 4 is 17.7 Å². The van der Waals surface area contributed by atoms with E-state index in [4.69, 9.17) is 10.5 Å². The van der Waals surface area contributed by atoms with Crippen LogP contribution in [-0.4, -0.2) is 29.4 Å². The maximum absolute atomic E-state index is 12.6. The van der Waals surface area contributed by atoms with Crippen molar-refractivity contribution in [3.8, 4) is 0 Å². The number of nitrogens with one attached hydrogen (secondary N) is 1. The average Bonchev–Trinajstić information content (AvgIpc) is 2.60. The van der Waals surface area contributed by atoms with Crippen LogP contribution in [0.1, 0.15) is 48.0 Å². The number of nitrogens with two attached hydrogens (primary N) is 1. The Hall–Kier alpha value is -3.09. The number of hydrogen-bond donors (Lipinski definition) is 3. The molecule has 1 aromatic carbocycles. The lowest BCUT2D eigenvalue weighted by atomic mass is 9.75. The number of aliphatic carboxylic acids is 1. The molecule has 1 aliphatic carbocycles. The molecule has 136 valence electrons. The molecule has 7 nitrogen and oxygen atoms in total. The quantitative estimate of drug-likeness (QED) is 0.704. The highest BCUT2D eigenvalue weighted by atomic mass is 16.5. The van der Waals surface area contributed by atoms with Gasteiger partial charge in [-0.2, -0.15) is 0 Å². The van der Waals surface area contributed by atoms with Crippen LogP contribution in [-0.2, 0) is 14.3 Å². The van der Waals surface area contributed by atoms with Crippen molar-refractivity contribution in [2.24, 2.45) is 5.73 Å². The van der Waals surface area contributed by atoms with E-state index >= 15 is 0 Å². The molecule has 2 aliphatic rings. The summed E-state index contributed by atoms with van der Waals surface area (Å²) >= 11 is 0. The number of dihydropyridines is 1. The van der Waals surface area contributed by atoms with Gasteiger partial charge in [-0.15, -0.1) is 0 Å². The summed E-state index contributed by atoms with van der Waals surface area (Å²) in [6.07, 6.45) is 1.68. The van der Waals surface area contributed by atoms with E-state index in [0.29, 0.717) is 41.7 Å². The molecule has 0 spiro atoms. The summed E-state index contributed by atoms with van der Waals surface area (Å²) in [5.74, 6) is -2.59. The number of carboxylic acids is 1. The molecule has 1 aromatic rings. The molecule has 0 aromatic heterocycles. The fourth-order valence-electron chi connectivity index (χ4n) is 3.49. The lowest BCUT2D eigenvalue weighted by molar-refractivity contribution is -0.133. The summed E-state index contributed by atoms with van der Waals surface area (Å²) in [6.45, 7) is 1.94. The van der Waals surface area contributed by atoms with E-state index in [2.05, 4.69) is 5.32 Å². The van der Waals surface area contributed by atoms with E-state index in [1.54, 1.807) is 31.2 Å². The maximum atomic E-state index is 12.6. The number of Topliss-reactive ketones (excluding diaryl/α,β-unsaturated/α-hetero) is 1. The monoisotopic (exact) mass is 356 g/mol. The number of esters is 1. The van der Waals surface area contributed by atoms with Crippen LogP contribution in [0.2, 0.25) is 0 Å². The van der Waals surface area contributed by atoms with Crippen molar-refractivity contribution in [1.82, 2.24) is 5.32 Å². The zero-order valence-electron chi connectivity index (χ0n) is 14.4. The van der Waals surface area contributed by atoms with Crippen molar-refractivity contribution in [3.63, 3.8) is 0 Å². The second-order valence-electron chi connectivity index (χ2n) is 6.21. The van der Waals surface area contributed by atoms with Crippen molar-refractivity contribution in [3.05, 3.63) is 58.1 Å². The fourth-order valence-corrected chi connectivity index (χ4v) is 3.49. The van der Waals surface area contributed by atoms with Crippen molar-refractivity contribution in [2.75, 3.05) is 6.61 Å². The third-order valence-electron chi connectivity index (χ3n) is 4.57. The van der Waals surface area contributed by atoms with Crippen molar-refractivity contribution < 1.29 is 24.2 Å². The lowest BCUT2D eigenvalue weighted by Gasteiger charge is -2.33. The van der Waals surface area contributed by atoms with Crippen LogP contribution in [0, 0.1) is 0 Å². The van der Waals surface area contributed by atoms with E-state index in [9.17, 15) is 19.5 Å². The molecule has 1 heterocycles. The normalized spacial score (nSPS) is 19.7. The van der Waals surface area contributed by atoms with E-state index in [1.165, 1.54) is 0 Å². The largest absolute Gasteiger partial charge is 0.478 e. The highest BCUT2D eigenvalue weighted by Crippen LogP contribution is 2.41. The van der Waals surface area contributed by atoms with Crippen LogP contribution >= 0.6 is 0 Å². The maximum Gasteiger partial charge on any atom is 0.338 e. The highest BCUT2D eigenvalue weighted by Gasteiger charge is 2.39. The van der Waals surface area contributed by atoms with Crippen LogP contribution in [0.5, 0.6) is 0 Å². The standard InChI is InChI=1S/C19H20N2O5/c1-2-26-19(25)11-6-3-5-10(9-11)14-15-12(7-4-8-13(15)22)21-17(20)16(14)18(23)24/h3,5-6,9,14,21H,2,4,7-8,20H2,1H3,(H,23,24). The molecule has 1 atom stereocenters. The zero-order chi connectivity index (χ0) is 18.8. The van der Waals surface area contributed by atoms with Crippen LogP contribution in [0.4, 0.5) is 0 Å². The van der Waals surface area contributed by atoms with E-state index in [-0.39, 0.29) is 23.8 Å². The Labute approximate surface area is 150 Å². The molecule has 26 heavy (non-hydrogen) atoms. The molecule has 0 saturated heterocycles. The Bertz CT molecular complexity index is 853. The van der Waals surface area contributed by atoms with Gasteiger partial charge in [0, 0.05) is 17.7 Å². The van der Waals surface area contributed by atoms with Gasteiger partial charge < -0.3 is 20.9 Å². The zero-order valence-corrected chi connectivity index (χ0v) is 14.4. The second kappa shape index (κ2) is 7.03. The molecule has 0 radical (unpaired) electrons. The second-order valence-corrected chi connectivity index (χ2v) is 6.21. The predicted molar refractivity (Wildman–Crippen MR) is 93.0 cm³/mol. The molecule has 4 N–H and O–H groups in total. The van der Waals surface area contributed by atoms with Gasteiger partial charge in [-0.3, -0.25) is 4.79 Å². The minimum Gasteiger partial charge on any atom is -0.478 e. The topological polar surface area (TPSA) is 119 Å². The van der Waals surface area contributed by atoms with Gasteiger partial charge in [-0.25, -0.2) is 9.59 Å². The molecule has 0 bridgehead atoms. The van der Waals surface area contributed by atoms with Crippen molar-refractivity contribution in [2.45, 2.75) is 32.1 Å². The first-order chi connectivity index (χ1) is 12.4. The Kier molecular flexibility index (Phi) is 4.79. The SMILES string of the molecule is CCOC(=O)c1cccc(C2C(C(=O)O)=C(N)NC3=C2C(=O)CCC3)c1. The van der Waals surface area contributed by atoms with Gasteiger partial charge >= 0.3 is 11.9 Å². The Morgan fingerprint density at radius 1 is 1.35 bits per heavy atom. The van der Waals surface area contributed by atoms with Gasteiger partial charge in [0.1, 0.15) is 5.82 Å². The van der Waals surface area contributed by atoms with E-state index in [1.807, 2.05) is 0 Å². The number of carbonyl (C=O) groups excluding carboxylic acids is 2. The third-order valence-corrected chi connectivity index (χ3v) is 4.57. The predicted octanol–water partition coefficient (Wildman–Crippen LogP) is 1.81. The number of allylic oxidation sites excluding steroid dienone is 2. The number of carboxylic acid groups (broad SMARTS) is 1. The van der Waals surface area contributed by atoms with E-state index in [0.717, 1.165) is 0 Å². The van der Waals surface area contributed by atoms with Gasteiger partial charge in [0.05, 0.1) is 23.7 Å². The summed E-state index contributed by atoms with van der Waals surface area (Å²) in [7, 11) is 0. The molecule has 0 amide bonds. The number of rotatable bonds is 4. The Morgan fingerprint density at radius 2 is 2.12 bits per heavy atom. The van der Waals surface area contributed by atoms with E-state index < -0.39 is 17.9 Å². The van der Waals surface area contributed by atoms with Gasteiger partial charge in [-0.1, -0.05) is 12.1 Å². The fraction of sp³-hybridized carbons (Fsp3) is 0.316. The Morgan fingerprint density at radius 3 is 2.81 bits per heavy atom. The number of benzene rings is 1. The van der Waals surface area contributed by atoms with Gasteiger partial charge in [0.2, 0.25) is 0 Å². The van der Waals surface area contributed by atoms with Gasteiger partial charge in [0.15, 0.2) is 5.78 Å². The molecular weight excluding hydrogens is 336 g/mol. The molecule has 1 aliphatic heterocycles. The average molecular weight is 356 g/mol. The number of ketones is 1. The summed E-state index contributed by atoms with van der Waals surface area (Å²) in [5.41, 5.74) is 7.79. The first kappa shape index (κ1) is 17.7. The third kappa shape index (κ3) is 3.08. The molecule has 3 rings (SSSR count). The van der Waals surface area contributed by atoms with Gasteiger partial charge in [-0.05, 0) is 37.5 Å². The smallest absolute Gasteiger partial charge is 0.338 e. The Balaban J connectivity index is 2.14. The first-order valence-corrected chi connectivity index (χ1v) is 8.47. The number of carbonyl (C=O) groups is 3. The summed E-state index contributed by atoms with van der Waals surface area (Å²) in [5, 5.41) is 12.6. The lowest BCUT2D eigenvalue weighted by Crippen LogP contribution is -2.37. The minimum atomic E-state index is -1.20. The van der Waals surface area contributed by atoms with Gasteiger partial charge in [0.25, 0.3) is 0 Å².